The molecule has 18 heavy (non-hydrogen) atoms. The molecule has 0 spiro atoms. The summed E-state index contributed by atoms with van der Waals surface area (Å²) in [6, 6.07) is 0. The normalized spacial score (nSPS) is 25.2. The average molecular weight is 274 g/mol. The Morgan fingerprint density at radius 1 is 1.33 bits per heavy atom. The van der Waals surface area contributed by atoms with E-state index in [2.05, 4.69) is 33.9 Å². The van der Waals surface area contributed by atoms with Crippen molar-refractivity contribution in [3.63, 3.8) is 0 Å². The van der Waals surface area contributed by atoms with E-state index in [9.17, 15) is 4.79 Å². The molecule has 1 rings (SSSR count). The van der Waals surface area contributed by atoms with Crippen molar-refractivity contribution in [3.8, 4) is 0 Å². The minimum Gasteiger partial charge on any atom is -0.436 e. The SMILES string of the molecule is CC(=O)OC1CC[C@@H](CO[Si](C)(C)C(C)(C)C)O1. The fraction of sp³-hybridized carbons (Fsp3) is 0.923. The van der Waals surface area contributed by atoms with E-state index in [0.29, 0.717) is 6.61 Å². The highest BCUT2D eigenvalue weighted by Gasteiger charge is 2.38. The van der Waals surface area contributed by atoms with Crippen LogP contribution in [0, 0.1) is 0 Å². The second-order valence-corrected chi connectivity index (χ2v) is 11.3. The molecule has 0 N–H and O–H groups in total. The Hall–Kier alpha value is -0.393. The lowest BCUT2D eigenvalue weighted by atomic mass is 10.2. The van der Waals surface area contributed by atoms with Crippen LogP contribution in [0.15, 0.2) is 0 Å². The zero-order valence-corrected chi connectivity index (χ0v) is 13.4. The summed E-state index contributed by atoms with van der Waals surface area (Å²) < 4.78 is 16.8. The Morgan fingerprint density at radius 2 is 1.94 bits per heavy atom. The van der Waals surface area contributed by atoms with Crippen molar-refractivity contribution >= 4 is 14.3 Å². The van der Waals surface area contributed by atoms with Crippen LogP contribution in [0.5, 0.6) is 0 Å². The maximum atomic E-state index is 10.8. The average Bonchev–Trinajstić information content (AvgIpc) is 2.60. The monoisotopic (exact) mass is 274 g/mol. The second-order valence-electron chi connectivity index (χ2n) is 6.45. The highest BCUT2D eigenvalue weighted by atomic mass is 28.4. The van der Waals surface area contributed by atoms with Gasteiger partial charge in [-0.15, -0.1) is 0 Å². The van der Waals surface area contributed by atoms with Gasteiger partial charge in [-0.1, -0.05) is 20.8 Å². The molecular formula is C13H26O4Si. The maximum absolute atomic E-state index is 10.8. The number of esters is 1. The molecular weight excluding hydrogens is 248 g/mol. The highest BCUT2D eigenvalue weighted by Crippen LogP contribution is 2.37. The minimum atomic E-state index is -1.71. The van der Waals surface area contributed by atoms with Gasteiger partial charge in [-0.25, -0.2) is 0 Å². The number of hydrogen-bond donors (Lipinski definition) is 0. The van der Waals surface area contributed by atoms with Crippen molar-refractivity contribution in [3.05, 3.63) is 0 Å². The summed E-state index contributed by atoms with van der Waals surface area (Å²) >= 11 is 0. The van der Waals surface area contributed by atoms with Crippen LogP contribution in [0.1, 0.15) is 40.5 Å². The Labute approximate surface area is 111 Å². The van der Waals surface area contributed by atoms with Crippen LogP contribution in [0.2, 0.25) is 18.1 Å². The molecule has 0 aromatic rings. The molecule has 1 heterocycles. The molecule has 0 bridgehead atoms. The predicted molar refractivity (Wildman–Crippen MR) is 72.8 cm³/mol. The van der Waals surface area contributed by atoms with Crippen molar-refractivity contribution in [2.24, 2.45) is 0 Å². The van der Waals surface area contributed by atoms with Gasteiger partial charge in [0.25, 0.3) is 0 Å². The summed E-state index contributed by atoms with van der Waals surface area (Å²) in [7, 11) is -1.71. The summed E-state index contributed by atoms with van der Waals surface area (Å²) in [6.07, 6.45) is 1.34. The molecule has 0 aliphatic carbocycles. The number of hydrogen-bond acceptors (Lipinski definition) is 4. The van der Waals surface area contributed by atoms with E-state index in [4.69, 9.17) is 13.9 Å². The summed E-state index contributed by atoms with van der Waals surface area (Å²) in [4.78, 5) is 10.8. The number of carbonyl (C=O) groups excluding carboxylic acids is 1. The first-order valence-electron chi connectivity index (χ1n) is 6.58. The van der Waals surface area contributed by atoms with E-state index in [0.717, 1.165) is 12.8 Å². The van der Waals surface area contributed by atoms with Crippen LogP contribution in [-0.2, 0) is 18.7 Å². The molecule has 1 aliphatic rings. The van der Waals surface area contributed by atoms with Gasteiger partial charge in [0.1, 0.15) is 0 Å². The van der Waals surface area contributed by atoms with Gasteiger partial charge in [0.2, 0.25) is 6.29 Å². The van der Waals surface area contributed by atoms with Crippen molar-refractivity contribution in [1.82, 2.24) is 0 Å². The van der Waals surface area contributed by atoms with E-state index in [1.165, 1.54) is 6.92 Å². The first-order chi connectivity index (χ1) is 8.12. The summed E-state index contributed by atoms with van der Waals surface area (Å²) in [5, 5.41) is 0.209. The lowest BCUT2D eigenvalue weighted by Crippen LogP contribution is -2.42. The number of carbonyl (C=O) groups is 1. The molecule has 0 saturated carbocycles. The molecule has 0 radical (unpaired) electrons. The topological polar surface area (TPSA) is 44.8 Å². The fourth-order valence-electron chi connectivity index (χ4n) is 1.58. The van der Waals surface area contributed by atoms with E-state index >= 15 is 0 Å². The van der Waals surface area contributed by atoms with Gasteiger partial charge in [0.05, 0.1) is 12.7 Å². The van der Waals surface area contributed by atoms with Crippen LogP contribution >= 0.6 is 0 Å². The van der Waals surface area contributed by atoms with E-state index in [1.807, 2.05) is 0 Å². The van der Waals surface area contributed by atoms with E-state index < -0.39 is 8.32 Å². The van der Waals surface area contributed by atoms with Crippen molar-refractivity contribution in [1.29, 1.82) is 0 Å². The van der Waals surface area contributed by atoms with Crippen LogP contribution in [-0.4, -0.2) is 33.3 Å². The first kappa shape index (κ1) is 15.7. The molecule has 0 aromatic carbocycles. The fourth-order valence-corrected chi connectivity index (χ4v) is 2.62. The van der Waals surface area contributed by atoms with Gasteiger partial charge >= 0.3 is 5.97 Å². The van der Waals surface area contributed by atoms with Gasteiger partial charge in [-0.3, -0.25) is 4.79 Å². The number of ether oxygens (including phenoxy) is 2. The van der Waals surface area contributed by atoms with E-state index in [1.54, 1.807) is 0 Å². The zero-order chi connectivity index (χ0) is 14.0. The quantitative estimate of drug-likeness (QED) is 0.584. The molecule has 0 aromatic heterocycles. The largest absolute Gasteiger partial charge is 0.436 e. The Balaban J connectivity index is 2.36. The van der Waals surface area contributed by atoms with Crippen molar-refractivity contribution < 1.29 is 18.7 Å². The van der Waals surface area contributed by atoms with Crippen LogP contribution in [0.3, 0.4) is 0 Å². The Morgan fingerprint density at radius 3 is 2.44 bits per heavy atom. The smallest absolute Gasteiger partial charge is 0.304 e. The molecule has 0 amide bonds. The first-order valence-corrected chi connectivity index (χ1v) is 9.49. The third-order valence-electron chi connectivity index (χ3n) is 3.80. The summed E-state index contributed by atoms with van der Waals surface area (Å²) in [6.45, 7) is 13.1. The molecule has 1 unspecified atom stereocenters. The lowest BCUT2D eigenvalue weighted by Gasteiger charge is -2.36. The predicted octanol–water partition coefficient (Wildman–Crippen LogP) is 3.08. The van der Waals surface area contributed by atoms with Crippen LogP contribution in [0.4, 0.5) is 0 Å². The zero-order valence-electron chi connectivity index (χ0n) is 12.4. The van der Waals surface area contributed by atoms with Gasteiger partial charge < -0.3 is 13.9 Å². The Kier molecular flexibility index (Phi) is 4.97. The molecule has 2 atom stereocenters. The molecule has 4 nitrogen and oxygen atoms in total. The van der Waals surface area contributed by atoms with Crippen molar-refractivity contribution in [2.75, 3.05) is 6.61 Å². The van der Waals surface area contributed by atoms with Crippen LogP contribution in [0.25, 0.3) is 0 Å². The molecule has 1 aliphatic heterocycles. The summed E-state index contributed by atoms with van der Waals surface area (Å²) in [5.41, 5.74) is 0. The number of rotatable bonds is 4. The third kappa shape index (κ3) is 4.37. The van der Waals surface area contributed by atoms with E-state index in [-0.39, 0.29) is 23.4 Å². The standard InChI is InChI=1S/C13H26O4Si/c1-10(14)16-12-8-7-11(17-12)9-15-18(5,6)13(2,3)4/h11-12H,7-9H2,1-6H3/t11-,12?/m0/s1. The third-order valence-corrected chi connectivity index (χ3v) is 8.30. The molecule has 1 saturated heterocycles. The minimum absolute atomic E-state index is 0.0588. The lowest BCUT2D eigenvalue weighted by molar-refractivity contribution is -0.174. The summed E-state index contributed by atoms with van der Waals surface area (Å²) in [5.74, 6) is -0.286. The van der Waals surface area contributed by atoms with Gasteiger partial charge in [-0.05, 0) is 24.6 Å². The highest BCUT2D eigenvalue weighted by molar-refractivity contribution is 6.74. The van der Waals surface area contributed by atoms with Crippen molar-refractivity contribution in [2.45, 2.75) is 71.1 Å². The maximum Gasteiger partial charge on any atom is 0.304 e. The van der Waals surface area contributed by atoms with Gasteiger partial charge in [0, 0.05) is 13.3 Å². The molecule has 1 fully saturated rings. The Bertz CT molecular complexity index is 296. The van der Waals surface area contributed by atoms with Crippen LogP contribution < -0.4 is 0 Å². The second kappa shape index (κ2) is 5.71. The van der Waals surface area contributed by atoms with Gasteiger partial charge in [0.15, 0.2) is 8.32 Å². The van der Waals surface area contributed by atoms with Gasteiger partial charge in [-0.2, -0.15) is 0 Å². The molecule has 5 heteroatoms. The molecule has 106 valence electrons.